The number of carbonyl (C=O) groups excluding carboxylic acids is 2. The Hall–Kier alpha value is -1.10. The lowest BCUT2D eigenvalue weighted by Gasteiger charge is -2.20. The zero-order chi connectivity index (χ0) is 12.6. The third kappa shape index (κ3) is 5.11. The van der Waals surface area contributed by atoms with Crippen molar-refractivity contribution in [3.63, 3.8) is 0 Å². The molecule has 2 unspecified atom stereocenters. The van der Waals surface area contributed by atoms with E-state index in [0.717, 1.165) is 12.8 Å². The van der Waals surface area contributed by atoms with Gasteiger partial charge in [0.05, 0.1) is 13.2 Å². The summed E-state index contributed by atoms with van der Waals surface area (Å²) in [6, 6.07) is -0.803. The van der Waals surface area contributed by atoms with Crippen LogP contribution in [-0.4, -0.2) is 38.1 Å². The van der Waals surface area contributed by atoms with E-state index in [4.69, 9.17) is 4.74 Å². The second-order valence-electron chi connectivity index (χ2n) is 3.72. The molecule has 5 nitrogen and oxygen atoms in total. The molecule has 0 spiro atoms. The van der Waals surface area contributed by atoms with Crippen molar-refractivity contribution in [3.05, 3.63) is 0 Å². The van der Waals surface area contributed by atoms with Gasteiger partial charge in [-0.25, -0.2) is 0 Å². The maximum atomic E-state index is 11.4. The monoisotopic (exact) mass is 230 g/mol. The van der Waals surface area contributed by atoms with Gasteiger partial charge in [-0.1, -0.05) is 19.8 Å². The van der Waals surface area contributed by atoms with Crippen molar-refractivity contribution in [1.82, 2.24) is 10.6 Å². The fourth-order valence-corrected chi connectivity index (χ4v) is 1.41. The van der Waals surface area contributed by atoms with Crippen molar-refractivity contribution < 1.29 is 14.3 Å². The molecule has 0 aliphatic rings. The summed E-state index contributed by atoms with van der Waals surface area (Å²) in [6.45, 7) is 3.78. The molecule has 94 valence electrons. The molecule has 0 saturated heterocycles. The Bertz CT molecular complexity index is 231. The number of methoxy groups -OCH3 is 1. The molecule has 0 aromatic carbocycles. The van der Waals surface area contributed by atoms with Gasteiger partial charge >= 0.3 is 5.97 Å². The Morgan fingerprint density at radius 2 is 2.00 bits per heavy atom. The van der Waals surface area contributed by atoms with Gasteiger partial charge in [0.1, 0.15) is 6.04 Å². The van der Waals surface area contributed by atoms with Crippen molar-refractivity contribution >= 4 is 11.9 Å². The fourth-order valence-electron chi connectivity index (χ4n) is 1.41. The summed E-state index contributed by atoms with van der Waals surface area (Å²) in [5.41, 5.74) is 0. The molecular formula is C11H22N2O3. The summed E-state index contributed by atoms with van der Waals surface area (Å²) in [5, 5.41) is 5.50. The number of likely N-dealkylation sites (N-methyl/N-ethyl adjacent to an activating group) is 1. The highest BCUT2D eigenvalue weighted by molar-refractivity contribution is 5.82. The highest BCUT2D eigenvalue weighted by atomic mass is 16.5. The number of nitrogens with one attached hydrogen (secondary N) is 2. The standard InChI is InChI=1S/C11H22N2O3/c1-5-6-7-9(11(15)16-4)13-8(2)10(14)12-3/h8-9,13H,5-7H2,1-4H3,(H,12,14). The third-order valence-electron chi connectivity index (χ3n) is 2.42. The summed E-state index contributed by atoms with van der Waals surface area (Å²) in [4.78, 5) is 22.8. The lowest BCUT2D eigenvalue weighted by molar-refractivity contribution is -0.143. The van der Waals surface area contributed by atoms with Crippen molar-refractivity contribution in [1.29, 1.82) is 0 Å². The molecule has 1 amide bonds. The summed E-state index contributed by atoms with van der Waals surface area (Å²) >= 11 is 0. The summed E-state index contributed by atoms with van der Waals surface area (Å²) < 4.78 is 4.69. The van der Waals surface area contributed by atoms with Crippen molar-refractivity contribution in [2.75, 3.05) is 14.2 Å². The molecule has 2 atom stereocenters. The minimum atomic E-state index is -0.405. The van der Waals surface area contributed by atoms with Crippen LogP contribution in [0.1, 0.15) is 33.1 Å². The Kier molecular flexibility index (Phi) is 7.54. The van der Waals surface area contributed by atoms with E-state index in [1.807, 2.05) is 0 Å². The summed E-state index contributed by atoms with van der Waals surface area (Å²) in [7, 11) is 2.92. The summed E-state index contributed by atoms with van der Waals surface area (Å²) in [6.07, 6.45) is 2.61. The van der Waals surface area contributed by atoms with Crippen molar-refractivity contribution in [2.45, 2.75) is 45.2 Å². The van der Waals surface area contributed by atoms with E-state index in [-0.39, 0.29) is 11.9 Å². The van der Waals surface area contributed by atoms with Gasteiger partial charge in [0.25, 0.3) is 0 Å². The van der Waals surface area contributed by atoms with Crippen LogP contribution in [0.3, 0.4) is 0 Å². The van der Waals surface area contributed by atoms with E-state index in [0.29, 0.717) is 6.42 Å². The Labute approximate surface area is 96.9 Å². The zero-order valence-electron chi connectivity index (χ0n) is 10.5. The minimum Gasteiger partial charge on any atom is -0.468 e. The maximum absolute atomic E-state index is 11.4. The van der Waals surface area contributed by atoms with Gasteiger partial charge in [-0.15, -0.1) is 0 Å². The van der Waals surface area contributed by atoms with Crippen LogP contribution in [0.25, 0.3) is 0 Å². The average molecular weight is 230 g/mol. The highest BCUT2D eigenvalue weighted by Gasteiger charge is 2.22. The molecule has 0 saturated carbocycles. The van der Waals surface area contributed by atoms with Gasteiger partial charge in [0.15, 0.2) is 0 Å². The maximum Gasteiger partial charge on any atom is 0.322 e. The number of esters is 1. The van der Waals surface area contributed by atoms with Crippen LogP contribution in [0.2, 0.25) is 0 Å². The predicted molar refractivity (Wildman–Crippen MR) is 62.0 cm³/mol. The van der Waals surface area contributed by atoms with Crippen LogP contribution in [0, 0.1) is 0 Å². The molecule has 0 aromatic rings. The van der Waals surface area contributed by atoms with Gasteiger partial charge in [-0.3, -0.25) is 14.9 Å². The molecular weight excluding hydrogens is 208 g/mol. The Morgan fingerprint density at radius 1 is 1.38 bits per heavy atom. The molecule has 16 heavy (non-hydrogen) atoms. The Balaban J connectivity index is 4.29. The van der Waals surface area contributed by atoms with Crippen LogP contribution >= 0.6 is 0 Å². The lowest BCUT2D eigenvalue weighted by Crippen LogP contribution is -2.49. The van der Waals surface area contributed by atoms with Gasteiger partial charge in [0.2, 0.25) is 5.91 Å². The third-order valence-corrected chi connectivity index (χ3v) is 2.42. The quantitative estimate of drug-likeness (QED) is 0.623. The molecule has 0 bridgehead atoms. The first-order valence-corrected chi connectivity index (χ1v) is 5.62. The largest absolute Gasteiger partial charge is 0.468 e. The van der Waals surface area contributed by atoms with E-state index in [2.05, 4.69) is 17.6 Å². The second kappa shape index (κ2) is 8.10. The first-order valence-electron chi connectivity index (χ1n) is 5.62. The number of rotatable bonds is 7. The van der Waals surface area contributed by atoms with Gasteiger partial charge in [-0.2, -0.15) is 0 Å². The minimum absolute atomic E-state index is 0.134. The van der Waals surface area contributed by atoms with Gasteiger partial charge in [-0.05, 0) is 13.3 Å². The van der Waals surface area contributed by atoms with E-state index < -0.39 is 12.1 Å². The molecule has 2 N–H and O–H groups in total. The predicted octanol–water partition coefficient (Wildman–Crippen LogP) is 0.442. The molecule has 0 radical (unpaired) electrons. The highest BCUT2D eigenvalue weighted by Crippen LogP contribution is 2.03. The van der Waals surface area contributed by atoms with Crippen LogP contribution in [0.15, 0.2) is 0 Å². The smallest absolute Gasteiger partial charge is 0.322 e. The van der Waals surface area contributed by atoms with E-state index in [1.54, 1.807) is 14.0 Å². The van der Waals surface area contributed by atoms with Gasteiger partial charge < -0.3 is 10.1 Å². The fraction of sp³-hybridized carbons (Fsp3) is 0.818. The number of hydrogen-bond donors (Lipinski definition) is 2. The average Bonchev–Trinajstić information content (AvgIpc) is 2.31. The Morgan fingerprint density at radius 3 is 2.44 bits per heavy atom. The normalized spacial score (nSPS) is 14.0. The number of unbranched alkanes of at least 4 members (excludes halogenated alkanes) is 1. The summed E-state index contributed by atoms with van der Waals surface area (Å²) in [5.74, 6) is -0.449. The molecule has 5 heteroatoms. The van der Waals surface area contributed by atoms with Crippen molar-refractivity contribution in [3.8, 4) is 0 Å². The number of ether oxygens (including phenoxy) is 1. The van der Waals surface area contributed by atoms with E-state index in [1.165, 1.54) is 7.11 Å². The van der Waals surface area contributed by atoms with Crippen LogP contribution in [-0.2, 0) is 14.3 Å². The second-order valence-corrected chi connectivity index (χ2v) is 3.72. The number of hydrogen-bond acceptors (Lipinski definition) is 4. The first-order chi connectivity index (χ1) is 7.56. The SMILES string of the molecule is CCCCC(NC(C)C(=O)NC)C(=O)OC. The van der Waals surface area contributed by atoms with Gasteiger partial charge in [0, 0.05) is 7.05 Å². The lowest BCUT2D eigenvalue weighted by atomic mass is 10.1. The first kappa shape index (κ1) is 14.9. The van der Waals surface area contributed by atoms with Crippen molar-refractivity contribution in [2.24, 2.45) is 0 Å². The molecule has 0 aromatic heterocycles. The zero-order valence-corrected chi connectivity index (χ0v) is 10.5. The molecule has 0 aliphatic carbocycles. The van der Waals surface area contributed by atoms with E-state index in [9.17, 15) is 9.59 Å². The van der Waals surface area contributed by atoms with Crippen LogP contribution < -0.4 is 10.6 Å². The molecule has 0 heterocycles. The molecule has 0 aliphatic heterocycles. The van der Waals surface area contributed by atoms with Crippen LogP contribution in [0.4, 0.5) is 0 Å². The number of carbonyl (C=O) groups is 2. The van der Waals surface area contributed by atoms with E-state index >= 15 is 0 Å². The molecule has 0 rings (SSSR count). The molecule has 0 fully saturated rings. The van der Waals surface area contributed by atoms with Crippen LogP contribution in [0.5, 0.6) is 0 Å². The topological polar surface area (TPSA) is 67.4 Å². The number of amides is 1.